The fourth-order valence-electron chi connectivity index (χ4n) is 2.55. The molecule has 6 heteroatoms. The van der Waals surface area contributed by atoms with Gasteiger partial charge in [-0.05, 0) is 56.4 Å². The van der Waals surface area contributed by atoms with Crippen molar-refractivity contribution in [1.82, 2.24) is 0 Å². The summed E-state index contributed by atoms with van der Waals surface area (Å²) in [6.07, 6.45) is 6.63. The van der Waals surface area contributed by atoms with Gasteiger partial charge in [0.25, 0.3) is 0 Å². The van der Waals surface area contributed by atoms with Gasteiger partial charge in [0.2, 0.25) is 0 Å². The molecule has 0 aromatic heterocycles. The van der Waals surface area contributed by atoms with Crippen molar-refractivity contribution < 1.29 is 28.9 Å². The number of rotatable bonds is 5. The van der Waals surface area contributed by atoms with Crippen LogP contribution in [0.4, 0.5) is 4.79 Å². The van der Waals surface area contributed by atoms with Crippen molar-refractivity contribution in [3.05, 3.63) is 42.0 Å². The van der Waals surface area contributed by atoms with Crippen LogP contribution in [0.3, 0.4) is 0 Å². The van der Waals surface area contributed by atoms with E-state index in [1.807, 2.05) is 12.2 Å². The monoisotopic (exact) mass is 348 g/mol. The first kappa shape index (κ1) is 19.0. The van der Waals surface area contributed by atoms with Crippen LogP contribution in [0.15, 0.2) is 36.4 Å². The normalized spacial score (nSPS) is 19.8. The maximum atomic E-state index is 11.9. The fourth-order valence-corrected chi connectivity index (χ4v) is 2.55. The number of hydrogen-bond donors (Lipinski definition) is 1. The molecule has 0 amide bonds. The van der Waals surface area contributed by atoms with Gasteiger partial charge in [0, 0.05) is 0 Å². The van der Waals surface area contributed by atoms with Gasteiger partial charge in [0.1, 0.15) is 11.9 Å². The molecule has 2 rings (SSSR count). The van der Waals surface area contributed by atoms with Crippen LogP contribution in [0, 0.1) is 0 Å². The number of allylic oxidation sites excluding steroid dienone is 1. The van der Waals surface area contributed by atoms with Crippen LogP contribution in [-0.2, 0) is 14.3 Å². The van der Waals surface area contributed by atoms with E-state index in [4.69, 9.17) is 14.2 Å². The Morgan fingerprint density at radius 1 is 1.20 bits per heavy atom. The smallest absolute Gasteiger partial charge is 0.464 e. The summed E-state index contributed by atoms with van der Waals surface area (Å²) < 4.78 is 15.2. The molecular weight excluding hydrogens is 324 g/mol. The van der Waals surface area contributed by atoms with Crippen LogP contribution in [0.1, 0.15) is 50.7 Å². The Bertz CT molecular complexity index is 592. The molecule has 0 aliphatic heterocycles. The zero-order chi connectivity index (χ0) is 18.1. The molecule has 1 aliphatic rings. The molecule has 2 unspecified atom stereocenters. The van der Waals surface area contributed by atoms with Gasteiger partial charge in [0.15, 0.2) is 6.10 Å². The highest BCUT2D eigenvalue weighted by atomic mass is 16.7. The predicted molar refractivity (Wildman–Crippen MR) is 91.2 cm³/mol. The number of ether oxygens (including phenoxy) is 3. The van der Waals surface area contributed by atoms with Crippen molar-refractivity contribution in [3.63, 3.8) is 0 Å². The Morgan fingerprint density at radius 3 is 2.68 bits per heavy atom. The van der Waals surface area contributed by atoms with Crippen molar-refractivity contribution in [2.45, 2.75) is 51.2 Å². The van der Waals surface area contributed by atoms with E-state index in [2.05, 4.69) is 0 Å². The molecular formula is C19H24O6. The lowest BCUT2D eigenvalue weighted by atomic mass is 10.0. The van der Waals surface area contributed by atoms with Gasteiger partial charge in [-0.15, -0.1) is 0 Å². The second-order valence-electron chi connectivity index (χ2n) is 5.80. The first-order chi connectivity index (χ1) is 12.1. The molecule has 0 saturated carbocycles. The van der Waals surface area contributed by atoms with Gasteiger partial charge >= 0.3 is 12.1 Å². The van der Waals surface area contributed by atoms with Crippen molar-refractivity contribution >= 4 is 12.1 Å². The van der Waals surface area contributed by atoms with E-state index < -0.39 is 18.2 Å². The molecule has 1 aliphatic carbocycles. The second kappa shape index (κ2) is 9.84. The van der Waals surface area contributed by atoms with Crippen molar-refractivity contribution in [2.24, 2.45) is 0 Å². The van der Waals surface area contributed by atoms with Crippen LogP contribution in [0.2, 0.25) is 0 Å². The molecule has 0 bridgehead atoms. The van der Waals surface area contributed by atoms with Crippen LogP contribution in [0.25, 0.3) is 0 Å². The summed E-state index contributed by atoms with van der Waals surface area (Å²) >= 11 is 0. The van der Waals surface area contributed by atoms with E-state index in [1.165, 1.54) is 24.3 Å². The largest absolute Gasteiger partial charge is 0.514 e. The molecule has 0 radical (unpaired) electrons. The van der Waals surface area contributed by atoms with E-state index in [0.29, 0.717) is 5.56 Å². The Hall–Kier alpha value is -2.34. The molecule has 25 heavy (non-hydrogen) atoms. The highest BCUT2D eigenvalue weighted by Gasteiger charge is 2.19. The second-order valence-corrected chi connectivity index (χ2v) is 5.80. The zero-order valence-electron chi connectivity index (χ0n) is 14.3. The molecule has 0 fully saturated rings. The van der Waals surface area contributed by atoms with Crippen molar-refractivity contribution in [3.8, 4) is 5.75 Å². The molecule has 0 saturated heterocycles. The van der Waals surface area contributed by atoms with E-state index in [9.17, 15) is 14.7 Å². The maximum Gasteiger partial charge on any atom is 0.514 e. The van der Waals surface area contributed by atoms with Gasteiger partial charge in [-0.25, -0.2) is 9.59 Å². The molecule has 0 heterocycles. The summed E-state index contributed by atoms with van der Waals surface area (Å²) in [5.41, 5.74) is 0.363. The maximum absolute atomic E-state index is 11.9. The van der Waals surface area contributed by atoms with Gasteiger partial charge in [-0.3, -0.25) is 0 Å². The topological polar surface area (TPSA) is 82.1 Å². The summed E-state index contributed by atoms with van der Waals surface area (Å²) in [5, 5.41) is 9.84. The minimum absolute atomic E-state index is 0.193. The van der Waals surface area contributed by atoms with Crippen LogP contribution in [-0.4, -0.2) is 29.9 Å². The number of aliphatic hydroxyl groups is 1. The number of carbonyl (C=O) groups is 2. The quantitative estimate of drug-likeness (QED) is 0.496. The molecule has 0 spiro atoms. The SMILES string of the molecule is CCOC(=O)C(O)c1ccc(OC(=O)OC2/C=C/CCCCC2)cc1. The Balaban J connectivity index is 1.88. The van der Waals surface area contributed by atoms with Crippen LogP contribution in [0.5, 0.6) is 5.75 Å². The van der Waals surface area contributed by atoms with E-state index in [1.54, 1.807) is 6.92 Å². The predicted octanol–water partition coefficient (Wildman–Crippen LogP) is 3.69. The molecule has 6 nitrogen and oxygen atoms in total. The number of hydrogen-bond acceptors (Lipinski definition) is 6. The lowest BCUT2D eigenvalue weighted by molar-refractivity contribution is -0.153. The minimum Gasteiger partial charge on any atom is -0.464 e. The fraction of sp³-hybridized carbons (Fsp3) is 0.474. The van der Waals surface area contributed by atoms with Crippen LogP contribution < -0.4 is 4.74 Å². The first-order valence-corrected chi connectivity index (χ1v) is 8.60. The Morgan fingerprint density at radius 2 is 1.96 bits per heavy atom. The number of carbonyl (C=O) groups excluding carboxylic acids is 2. The lowest BCUT2D eigenvalue weighted by Crippen LogP contribution is -2.20. The van der Waals surface area contributed by atoms with Gasteiger partial charge in [0.05, 0.1) is 6.61 Å². The van der Waals surface area contributed by atoms with E-state index in [0.717, 1.165) is 32.1 Å². The summed E-state index contributed by atoms with van der Waals surface area (Å²) in [7, 11) is 0. The third kappa shape index (κ3) is 6.23. The zero-order valence-corrected chi connectivity index (χ0v) is 14.3. The average molecular weight is 348 g/mol. The molecule has 2 atom stereocenters. The van der Waals surface area contributed by atoms with Crippen LogP contribution >= 0.6 is 0 Å². The number of esters is 1. The highest BCUT2D eigenvalue weighted by molar-refractivity contribution is 5.76. The third-order valence-electron chi connectivity index (χ3n) is 3.86. The highest BCUT2D eigenvalue weighted by Crippen LogP contribution is 2.20. The standard InChI is InChI=1S/C19H24O6/c1-2-23-18(21)17(20)14-10-12-16(13-11-14)25-19(22)24-15-8-6-4-3-5-7-9-15/h6,8,10-13,15,17,20H,2-5,7,9H2,1H3/b8-6+. The van der Waals surface area contributed by atoms with Gasteiger partial charge in [-0.1, -0.05) is 24.6 Å². The number of benzene rings is 1. The van der Waals surface area contributed by atoms with Crippen molar-refractivity contribution in [1.29, 1.82) is 0 Å². The van der Waals surface area contributed by atoms with Gasteiger partial charge in [-0.2, -0.15) is 0 Å². The van der Waals surface area contributed by atoms with Crippen molar-refractivity contribution in [2.75, 3.05) is 6.61 Å². The lowest BCUT2D eigenvalue weighted by Gasteiger charge is -2.16. The minimum atomic E-state index is -1.36. The molecule has 1 aromatic carbocycles. The van der Waals surface area contributed by atoms with E-state index in [-0.39, 0.29) is 18.5 Å². The summed E-state index contributed by atoms with van der Waals surface area (Å²) in [5.74, 6) is -0.439. The molecule has 1 N–H and O–H groups in total. The summed E-state index contributed by atoms with van der Waals surface area (Å²) in [4.78, 5) is 23.4. The van der Waals surface area contributed by atoms with E-state index >= 15 is 0 Å². The molecule has 136 valence electrons. The third-order valence-corrected chi connectivity index (χ3v) is 3.86. The molecule has 1 aromatic rings. The summed E-state index contributed by atoms with van der Waals surface area (Å²) in [6, 6.07) is 5.99. The Kier molecular flexibility index (Phi) is 7.47. The average Bonchev–Trinajstić information content (AvgIpc) is 2.57. The number of aliphatic hydroxyl groups excluding tert-OH is 1. The first-order valence-electron chi connectivity index (χ1n) is 8.60. The van der Waals surface area contributed by atoms with Gasteiger partial charge < -0.3 is 19.3 Å². The Labute approximate surface area is 147 Å². The summed E-state index contributed by atoms with van der Waals surface area (Å²) in [6.45, 7) is 1.86.